The lowest BCUT2D eigenvalue weighted by Crippen LogP contribution is -2.47. The molecule has 0 saturated carbocycles. The summed E-state index contributed by atoms with van der Waals surface area (Å²) in [6.45, 7) is 5.83. The van der Waals surface area contributed by atoms with Gasteiger partial charge in [-0.25, -0.2) is 4.39 Å². The Balaban J connectivity index is 1.96. The Labute approximate surface area is 130 Å². The van der Waals surface area contributed by atoms with Crippen LogP contribution >= 0.6 is 0 Å². The number of likely N-dealkylation sites (tertiary alicyclic amines) is 1. The molecule has 0 aromatic heterocycles. The van der Waals surface area contributed by atoms with Gasteiger partial charge in [-0.15, -0.1) is 6.58 Å². The fourth-order valence-corrected chi connectivity index (χ4v) is 3.00. The molecular weight excluding hydrogens is 281 g/mol. The summed E-state index contributed by atoms with van der Waals surface area (Å²) in [7, 11) is 0. The van der Waals surface area contributed by atoms with Gasteiger partial charge in [-0.05, 0) is 43.5 Å². The Hall–Kier alpha value is -1.94. The first-order chi connectivity index (χ1) is 10.6. The van der Waals surface area contributed by atoms with E-state index in [-0.39, 0.29) is 5.82 Å². The Morgan fingerprint density at radius 2 is 2.14 bits per heavy atom. The maximum absolute atomic E-state index is 12.8. The predicted molar refractivity (Wildman–Crippen MR) is 86.0 cm³/mol. The highest BCUT2D eigenvalue weighted by Gasteiger charge is 2.40. The van der Waals surface area contributed by atoms with Crippen LogP contribution in [0.5, 0.6) is 0 Å². The van der Waals surface area contributed by atoms with Gasteiger partial charge in [-0.2, -0.15) is 0 Å². The lowest BCUT2D eigenvalue weighted by atomic mass is 9.77. The first-order valence-electron chi connectivity index (χ1n) is 7.54. The molecule has 1 saturated heterocycles. The molecule has 1 aromatic carbocycles. The van der Waals surface area contributed by atoms with Crippen molar-refractivity contribution in [2.75, 3.05) is 19.6 Å². The maximum Gasteiger partial charge on any atom is 0.311 e. The van der Waals surface area contributed by atoms with Gasteiger partial charge >= 0.3 is 5.97 Å². The van der Waals surface area contributed by atoms with Gasteiger partial charge in [-0.1, -0.05) is 30.4 Å². The van der Waals surface area contributed by atoms with Crippen LogP contribution in [-0.4, -0.2) is 35.6 Å². The molecule has 0 amide bonds. The van der Waals surface area contributed by atoms with Crippen LogP contribution < -0.4 is 0 Å². The number of nitrogens with zero attached hydrogens (tertiary/aromatic N) is 1. The van der Waals surface area contributed by atoms with E-state index in [2.05, 4.69) is 11.5 Å². The second-order valence-corrected chi connectivity index (χ2v) is 5.87. The molecule has 1 aliphatic heterocycles. The second kappa shape index (κ2) is 7.36. The molecule has 0 aliphatic carbocycles. The summed E-state index contributed by atoms with van der Waals surface area (Å²) in [6, 6.07) is 6.31. The van der Waals surface area contributed by atoms with Gasteiger partial charge in [0, 0.05) is 13.1 Å². The number of halogens is 1. The van der Waals surface area contributed by atoms with Gasteiger partial charge in [0.2, 0.25) is 0 Å². The van der Waals surface area contributed by atoms with Crippen molar-refractivity contribution in [3.05, 3.63) is 54.4 Å². The molecule has 1 aliphatic rings. The van der Waals surface area contributed by atoms with Crippen LogP contribution in [0.4, 0.5) is 4.39 Å². The lowest BCUT2D eigenvalue weighted by Gasteiger charge is -2.39. The number of piperidine rings is 1. The molecule has 1 heterocycles. The van der Waals surface area contributed by atoms with Gasteiger partial charge in [-0.3, -0.25) is 9.69 Å². The fourth-order valence-electron chi connectivity index (χ4n) is 3.00. The number of carboxylic acid groups (broad SMARTS) is 1. The molecular formula is C18H22FNO2. The summed E-state index contributed by atoms with van der Waals surface area (Å²) >= 11 is 0. The summed E-state index contributed by atoms with van der Waals surface area (Å²) < 4.78 is 12.8. The summed E-state index contributed by atoms with van der Waals surface area (Å²) in [6.07, 6.45) is 7.71. The minimum absolute atomic E-state index is 0.246. The van der Waals surface area contributed by atoms with E-state index in [4.69, 9.17) is 0 Å². The zero-order valence-electron chi connectivity index (χ0n) is 12.7. The van der Waals surface area contributed by atoms with E-state index in [1.54, 1.807) is 18.2 Å². The molecule has 0 radical (unpaired) electrons. The first-order valence-corrected chi connectivity index (χ1v) is 7.54. The van der Waals surface area contributed by atoms with Crippen LogP contribution in [0.15, 0.2) is 43.0 Å². The molecule has 0 bridgehead atoms. The SMILES string of the molecule is C=CCC1(C(=O)O)CCCN(C/C=C/c2ccc(F)cc2)C1. The smallest absolute Gasteiger partial charge is 0.311 e. The summed E-state index contributed by atoms with van der Waals surface area (Å²) in [5.41, 5.74) is 0.234. The van der Waals surface area contributed by atoms with Crippen molar-refractivity contribution in [1.82, 2.24) is 4.90 Å². The highest BCUT2D eigenvalue weighted by Crippen LogP contribution is 2.34. The van der Waals surface area contributed by atoms with Crippen LogP contribution in [0.3, 0.4) is 0 Å². The zero-order chi connectivity index (χ0) is 16.0. The van der Waals surface area contributed by atoms with Crippen LogP contribution in [0.25, 0.3) is 6.08 Å². The number of allylic oxidation sites excluding steroid dienone is 1. The van der Waals surface area contributed by atoms with Crippen molar-refractivity contribution in [3.8, 4) is 0 Å². The standard InChI is InChI=1S/C18H22FNO2/c1-2-10-18(17(21)22)11-4-13-20(14-18)12-3-5-15-6-8-16(19)9-7-15/h2-3,5-9H,1,4,10-14H2,(H,21,22)/b5-3+. The molecule has 118 valence electrons. The monoisotopic (exact) mass is 303 g/mol. The molecule has 1 atom stereocenters. The summed E-state index contributed by atoms with van der Waals surface area (Å²) in [4.78, 5) is 13.8. The number of aliphatic carboxylic acids is 1. The van der Waals surface area contributed by atoms with Crippen molar-refractivity contribution in [1.29, 1.82) is 0 Å². The third kappa shape index (κ3) is 4.04. The van der Waals surface area contributed by atoms with Crippen LogP contribution in [0, 0.1) is 11.2 Å². The van der Waals surface area contributed by atoms with Crippen molar-refractivity contribution < 1.29 is 14.3 Å². The number of carbonyl (C=O) groups is 1. The van der Waals surface area contributed by atoms with E-state index in [0.717, 1.165) is 18.5 Å². The predicted octanol–water partition coefficient (Wildman–Crippen LogP) is 3.58. The molecule has 1 unspecified atom stereocenters. The van der Waals surface area contributed by atoms with E-state index in [1.807, 2.05) is 12.2 Å². The Bertz CT molecular complexity index is 553. The molecule has 3 nitrogen and oxygen atoms in total. The van der Waals surface area contributed by atoms with E-state index in [1.165, 1.54) is 12.1 Å². The number of hydrogen-bond donors (Lipinski definition) is 1. The van der Waals surface area contributed by atoms with Crippen LogP contribution in [-0.2, 0) is 4.79 Å². The Kier molecular flexibility index (Phi) is 5.50. The quantitative estimate of drug-likeness (QED) is 0.817. The molecule has 1 N–H and O–H groups in total. The molecule has 4 heteroatoms. The van der Waals surface area contributed by atoms with Crippen LogP contribution in [0.1, 0.15) is 24.8 Å². The van der Waals surface area contributed by atoms with E-state index < -0.39 is 11.4 Å². The van der Waals surface area contributed by atoms with Gasteiger partial charge in [0.25, 0.3) is 0 Å². The minimum Gasteiger partial charge on any atom is -0.481 e. The topological polar surface area (TPSA) is 40.5 Å². The van der Waals surface area contributed by atoms with Gasteiger partial charge in [0.15, 0.2) is 0 Å². The van der Waals surface area contributed by atoms with Crippen molar-refractivity contribution in [2.45, 2.75) is 19.3 Å². The van der Waals surface area contributed by atoms with Gasteiger partial charge in [0.1, 0.15) is 5.82 Å². The fraction of sp³-hybridized carbons (Fsp3) is 0.389. The number of hydrogen-bond acceptors (Lipinski definition) is 2. The highest BCUT2D eigenvalue weighted by molar-refractivity contribution is 5.75. The van der Waals surface area contributed by atoms with Gasteiger partial charge < -0.3 is 5.11 Å². The Morgan fingerprint density at radius 1 is 1.41 bits per heavy atom. The average molecular weight is 303 g/mol. The van der Waals surface area contributed by atoms with Crippen molar-refractivity contribution in [3.63, 3.8) is 0 Å². The Morgan fingerprint density at radius 3 is 2.77 bits per heavy atom. The van der Waals surface area contributed by atoms with E-state index in [0.29, 0.717) is 25.9 Å². The maximum atomic E-state index is 12.8. The largest absolute Gasteiger partial charge is 0.481 e. The third-order valence-electron chi connectivity index (χ3n) is 4.19. The first kappa shape index (κ1) is 16.4. The highest BCUT2D eigenvalue weighted by atomic mass is 19.1. The summed E-state index contributed by atoms with van der Waals surface area (Å²) in [5.74, 6) is -0.983. The third-order valence-corrected chi connectivity index (χ3v) is 4.19. The van der Waals surface area contributed by atoms with Crippen molar-refractivity contribution >= 4 is 12.0 Å². The number of carboxylic acids is 1. The van der Waals surface area contributed by atoms with E-state index >= 15 is 0 Å². The number of benzene rings is 1. The molecule has 1 aromatic rings. The summed E-state index contributed by atoms with van der Waals surface area (Å²) in [5, 5.41) is 9.54. The van der Waals surface area contributed by atoms with Crippen molar-refractivity contribution in [2.24, 2.45) is 5.41 Å². The van der Waals surface area contributed by atoms with Gasteiger partial charge in [0.05, 0.1) is 5.41 Å². The molecule has 22 heavy (non-hydrogen) atoms. The molecule has 1 fully saturated rings. The lowest BCUT2D eigenvalue weighted by molar-refractivity contribution is -0.152. The number of rotatable bonds is 6. The second-order valence-electron chi connectivity index (χ2n) is 5.87. The molecule has 2 rings (SSSR count). The normalized spacial score (nSPS) is 22.8. The molecule has 0 spiro atoms. The zero-order valence-corrected chi connectivity index (χ0v) is 12.7. The minimum atomic E-state index is -0.736. The average Bonchev–Trinajstić information content (AvgIpc) is 2.50. The van der Waals surface area contributed by atoms with E-state index in [9.17, 15) is 14.3 Å². The van der Waals surface area contributed by atoms with Crippen LogP contribution in [0.2, 0.25) is 0 Å².